The largest absolute Gasteiger partial charge is 0.121 e. The summed E-state index contributed by atoms with van der Waals surface area (Å²) in [5.41, 5.74) is 0. The average molecular weight is 181 g/mol. The van der Waals surface area contributed by atoms with Gasteiger partial charge in [0.1, 0.15) is 0 Å². The van der Waals surface area contributed by atoms with Gasteiger partial charge in [-0.25, -0.2) is 0 Å². The van der Waals surface area contributed by atoms with E-state index in [1.807, 2.05) is 0 Å². The second-order valence-electron chi connectivity index (χ2n) is 3.02. The van der Waals surface area contributed by atoms with Gasteiger partial charge in [-0.2, -0.15) is 0 Å². The van der Waals surface area contributed by atoms with Crippen molar-refractivity contribution in [3.05, 3.63) is 0 Å². The van der Waals surface area contributed by atoms with E-state index in [-0.39, 0.29) is 10.8 Å². The zero-order chi connectivity index (χ0) is 7.40. The maximum absolute atomic E-state index is 6.01. The van der Waals surface area contributed by atoms with Crippen molar-refractivity contribution in [1.82, 2.24) is 0 Å². The van der Waals surface area contributed by atoms with Gasteiger partial charge in [-0.3, -0.25) is 0 Å². The van der Waals surface area contributed by atoms with Gasteiger partial charge in [-0.15, -0.1) is 23.2 Å². The molecule has 0 aromatic heterocycles. The molecule has 0 bridgehead atoms. The van der Waals surface area contributed by atoms with Crippen molar-refractivity contribution in [2.24, 2.45) is 0 Å². The molecule has 2 unspecified atom stereocenters. The summed E-state index contributed by atoms with van der Waals surface area (Å²) in [7, 11) is 0. The second kappa shape index (κ2) is 4.46. The van der Waals surface area contributed by atoms with Gasteiger partial charge in [0, 0.05) is 10.8 Å². The fourth-order valence-corrected chi connectivity index (χ4v) is 1.95. The molecule has 10 heavy (non-hydrogen) atoms. The molecule has 1 aliphatic rings. The SMILES string of the molecule is ClC1CCCCCCC1Cl. The van der Waals surface area contributed by atoms with Gasteiger partial charge in [0.05, 0.1) is 0 Å². The molecule has 1 aliphatic carbocycles. The Kier molecular flexibility index (Phi) is 3.87. The Hall–Kier alpha value is 0.580. The Morgan fingerprint density at radius 1 is 0.700 bits per heavy atom. The van der Waals surface area contributed by atoms with E-state index in [0.29, 0.717) is 0 Å². The fourth-order valence-electron chi connectivity index (χ4n) is 1.39. The van der Waals surface area contributed by atoms with Gasteiger partial charge in [0.15, 0.2) is 0 Å². The van der Waals surface area contributed by atoms with Gasteiger partial charge in [0.2, 0.25) is 0 Å². The highest BCUT2D eigenvalue weighted by molar-refractivity contribution is 6.29. The Morgan fingerprint density at radius 3 is 1.50 bits per heavy atom. The summed E-state index contributed by atoms with van der Waals surface area (Å²) in [5.74, 6) is 0. The lowest BCUT2D eigenvalue weighted by Gasteiger charge is -2.18. The molecule has 1 fully saturated rings. The molecule has 0 nitrogen and oxygen atoms in total. The predicted molar refractivity (Wildman–Crippen MR) is 47.0 cm³/mol. The summed E-state index contributed by atoms with van der Waals surface area (Å²) in [6, 6.07) is 0. The smallest absolute Gasteiger partial charge is 0.0499 e. The highest BCUT2D eigenvalue weighted by Crippen LogP contribution is 2.25. The van der Waals surface area contributed by atoms with Gasteiger partial charge in [-0.05, 0) is 12.8 Å². The highest BCUT2D eigenvalue weighted by Gasteiger charge is 2.17. The lowest BCUT2D eigenvalue weighted by atomic mass is 10.0. The normalized spacial score (nSPS) is 36.6. The first kappa shape index (κ1) is 8.67. The molecule has 2 heteroatoms. The maximum atomic E-state index is 6.01. The molecule has 2 atom stereocenters. The molecule has 0 N–H and O–H groups in total. The monoisotopic (exact) mass is 180 g/mol. The predicted octanol–water partition coefficient (Wildman–Crippen LogP) is 3.56. The number of hydrogen-bond acceptors (Lipinski definition) is 0. The molecule has 0 aromatic rings. The highest BCUT2D eigenvalue weighted by atomic mass is 35.5. The van der Waals surface area contributed by atoms with Crippen LogP contribution in [0.1, 0.15) is 38.5 Å². The number of alkyl halides is 2. The molecule has 1 rings (SSSR count). The van der Waals surface area contributed by atoms with Crippen LogP contribution in [0.4, 0.5) is 0 Å². The summed E-state index contributed by atoms with van der Waals surface area (Å²) in [6.45, 7) is 0. The van der Waals surface area contributed by atoms with E-state index in [1.165, 1.54) is 25.7 Å². The Labute approximate surface area is 72.9 Å². The topological polar surface area (TPSA) is 0 Å². The van der Waals surface area contributed by atoms with Crippen LogP contribution in [0.2, 0.25) is 0 Å². The van der Waals surface area contributed by atoms with Crippen LogP contribution in [-0.2, 0) is 0 Å². The third-order valence-corrected chi connectivity index (χ3v) is 3.28. The van der Waals surface area contributed by atoms with E-state index < -0.39 is 0 Å². The van der Waals surface area contributed by atoms with Crippen molar-refractivity contribution in [2.45, 2.75) is 49.3 Å². The average Bonchev–Trinajstić information content (AvgIpc) is 1.92. The molecule has 0 aliphatic heterocycles. The maximum Gasteiger partial charge on any atom is 0.0499 e. The van der Waals surface area contributed by atoms with Crippen LogP contribution in [-0.4, -0.2) is 10.8 Å². The Balaban J connectivity index is 2.28. The summed E-state index contributed by atoms with van der Waals surface area (Å²) in [4.78, 5) is 0. The zero-order valence-electron chi connectivity index (χ0n) is 6.15. The first-order chi connectivity index (χ1) is 4.80. The van der Waals surface area contributed by atoms with Crippen LogP contribution < -0.4 is 0 Å². The quantitative estimate of drug-likeness (QED) is 0.501. The van der Waals surface area contributed by atoms with Crippen molar-refractivity contribution in [3.63, 3.8) is 0 Å². The minimum Gasteiger partial charge on any atom is -0.121 e. The fraction of sp³-hybridized carbons (Fsp3) is 1.00. The summed E-state index contributed by atoms with van der Waals surface area (Å²) < 4.78 is 0. The lowest BCUT2D eigenvalue weighted by molar-refractivity contribution is 0.514. The van der Waals surface area contributed by atoms with Crippen molar-refractivity contribution in [2.75, 3.05) is 0 Å². The summed E-state index contributed by atoms with van der Waals surface area (Å²) in [5, 5.41) is 0.448. The molecule has 1 saturated carbocycles. The van der Waals surface area contributed by atoms with E-state index in [0.717, 1.165) is 12.8 Å². The van der Waals surface area contributed by atoms with Crippen molar-refractivity contribution in [3.8, 4) is 0 Å². The van der Waals surface area contributed by atoms with Crippen LogP contribution in [0, 0.1) is 0 Å². The lowest BCUT2D eigenvalue weighted by Crippen LogP contribution is -2.16. The molecule has 0 heterocycles. The first-order valence-corrected chi connectivity index (χ1v) is 4.96. The molecule has 0 amide bonds. The van der Waals surface area contributed by atoms with Crippen molar-refractivity contribution in [1.29, 1.82) is 0 Å². The first-order valence-electron chi connectivity index (χ1n) is 4.09. The van der Waals surface area contributed by atoms with Gasteiger partial charge in [-0.1, -0.05) is 25.7 Å². The summed E-state index contributed by atoms with van der Waals surface area (Å²) >= 11 is 12.0. The zero-order valence-corrected chi connectivity index (χ0v) is 7.67. The van der Waals surface area contributed by atoms with Crippen LogP contribution in [0.15, 0.2) is 0 Å². The number of hydrogen-bond donors (Lipinski definition) is 0. The van der Waals surface area contributed by atoms with Crippen LogP contribution >= 0.6 is 23.2 Å². The van der Waals surface area contributed by atoms with E-state index in [2.05, 4.69) is 0 Å². The molecular formula is C8H14Cl2. The van der Waals surface area contributed by atoms with E-state index in [1.54, 1.807) is 0 Å². The standard InChI is InChI=1S/C8H14Cl2/c9-7-5-3-1-2-4-6-8(7)10/h7-8H,1-6H2. The minimum atomic E-state index is 0.224. The molecule has 0 aromatic carbocycles. The van der Waals surface area contributed by atoms with E-state index in [9.17, 15) is 0 Å². The number of halogens is 2. The van der Waals surface area contributed by atoms with E-state index >= 15 is 0 Å². The molecule has 0 spiro atoms. The van der Waals surface area contributed by atoms with E-state index in [4.69, 9.17) is 23.2 Å². The molecule has 0 radical (unpaired) electrons. The van der Waals surface area contributed by atoms with Gasteiger partial charge < -0.3 is 0 Å². The van der Waals surface area contributed by atoms with Crippen molar-refractivity contribution < 1.29 is 0 Å². The molecule has 60 valence electrons. The van der Waals surface area contributed by atoms with Crippen LogP contribution in [0.25, 0.3) is 0 Å². The second-order valence-corrected chi connectivity index (χ2v) is 4.14. The third-order valence-electron chi connectivity index (χ3n) is 2.10. The Bertz CT molecular complexity index is 81.3. The Morgan fingerprint density at radius 2 is 1.10 bits per heavy atom. The number of rotatable bonds is 0. The minimum absolute atomic E-state index is 0.224. The van der Waals surface area contributed by atoms with Crippen LogP contribution in [0.5, 0.6) is 0 Å². The molecular weight excluding hydrogens is 167 g/mol. The third kappa shape index (κ3) is 2.67. The van der Waals surface area contributed by atoms with Gasteiger partial charge >= 0.3 is 0 Å². The van der Waals surface area contributed by atoms with Crippen molar-refractivity contribution >= 4 is 23.2 Å². The van der Waals surface area contributed by atoms with Gasteiger partial charge in [0.25, 0.3) is 0 Å². The molecule has 0 saturated heterocycles. The summed E-state index contributed by atoms with van der Waals surface area (Å²) in [6.07, 6.45) is 7.42. The van der Waals surface area contributed by atoms with Crippen LogP contribution in [0.3, 0.4) is 0 Å².